The summed E-state index contributed by atoms with van der Waals surface area (Å²) in [5.41, 5.74) is 5.74. The number of sulfonamides is 1. The maximum absolute atomic E-state index is 12.5. The van der Waals surface area contributed by atoms with Gasteiger partial charge in [0, 0.05) is 18.5 Å². The summed E-state index contributed by atoms with van der Waals surface area (Å²) in [6, 6.07) is 14.9. The zero-order valence-corrected chi connectivity index (χ0v) is 17.6. The first-order chi connectivity index (χ1) is 14.4. The van der Waals surface area contributed by atoms with Crippen LogP contribution in [0.5, 0.6) is 0 Å². The van der Waals surface area contributed by atoms with Gasteiger partial charge < -0.3 is 0 Å². The highest BCUT2D eigenvalue weighted by atomic mass is 32.2. The van der Waals surface area contributed by atoms with Crippen molar-refractivity contribution in [1.29, 1.82) is 0 Å². The molecule has 1 aliphatic rings. The minimum atomic E-state index is -3.78. The summed E-state index contributed by atoms with van der Waals surface area (Å²) in [5.74, 6) is -0.218. The van der Waals surface area contributed by atoms with Crippen molar-refractivity contribution in [3.8, 4) is 0 Å². The predicted octanol–water partition coefficient (Wildman–Crippen LogP) is 2.90. The average Bonchev–Trinajstić information content (AvgIpc) is 3.29. The second-order valence-corrected chi connectivity index (χ2v) is 9.30. The molecule has 2 aromatic carbocycles. The van der Waals surface area contributed by atoms with Gasteiger partial charge in [0.25, 0.3) is 5.91 Å². The number of nitrogens with one attached hydrogen (secondary N) is 3. The quantitative estimate of drug-likeness (QED) is 0.561. The van der Waals surface area contributed by atoms with Crippen LogP contribution in [-0.2, 0) is 21.4 Å². The molecule has 0 heterocycles. The summed E-state index contributed by atoms with van der Waals surface area (Å²) in [5, 5.41) is 0. The molecule has 2 amide bonds. The lowest BCUT2D eigenvalue weighted by Crippen LogP contribution is -2.41. The second-order valence-electron chi connectivity index (χ2n) is 7.53. The van der Waals surface area contributed by atoms with Crippen molar-refractivity contribution in [2.75, 3.05) is 0 Å². The van der Waals surface area contributed by atoms with Gasteiger partial charge >= 0.3 is 0 Å². The molecule has 1 aliphatic carbocycles. The van der Waals surface area contributed by atoms with Crippen molar-refractivity contribution in [2.45, 2.75) is 50.0 Å². The molecular formula is C22H27N3O4S. The second kappa shape index (κ2) is 10.4. The van der Waals surface area contributed by atoms with E-state index >= 15 is 0 Å². The first-order valence-electron chi connectivity index (χ1n) is 10.2. The summed E-state index contributed by atoms with van der Waals surface area (Å²) < 4.78 is 27.6. The lowest BCUT2D eigenvalue weighted by molar-refractivity contribution is -0.122. The van der Waals surface area contributed by atoms with Crippen molar-refractivity contribution in [3.05, 3.63) is 65.7 Å². The fourth-order valence-corrected chi connectivity index (χ4v) is 4.62. The van der Waals surface area contributed by atoms with E-state index in [0.29, 0.717) is 12.3 Å². The van der Waals surface area contributed by atoms with Crippen molar-refractivity contribution >= 4 is 21.8 Å². The summed E-state index contributed by atoms with van der Waals surface area (Å²) >= 11 is 0. The number of carbonyl (C=O) groups is 2. The SMILES string of the molecule is O=C(CCC1CCCC1)NNC(=O)c1cccc(S(=O)(=O)NCc2ccccc2)c1. The van der Waals surface area contributed by atoms with E-state index < -0.39 is 15.9 Å². The minimum Gasteiger partial charge on any atom is -0.273 e. The van der Waals surface area contributed by atoms with E-state index in [4.69, 9.17) is 0 Å². The molecular weight excluding hydrogens is 402 g/mol. The highest BCUT2D eigenvalue weighted by Crippen LogP contribution is 2.28. The molecule has 8 heteroatoms. The van der Waals surface area contributed by atoms with Gasteiger partial charge in [0.05, 0.1) is 4.90 Å². The molecule has 0 bridgehead atoms. The molecule has 0 aliphatic heterocycles. The molecule has 160 valence electrons. The molecule has 1 fully saturated rings. The van der Waals surface area contributed by atoms with E-state index in [1.54, 1.807) is 0 Å². The molecule has 2 aromatic rings. The fraction of sp³-hybridized carbons (Fsp3) is 0.364. The van der Waals surface area contributed by atoms with Crippen LogP contribution in [0.1, 0.15) is 54.4 Å². The van der Waals surface area contributed by atoms with Crippen LogP contribution in [0, 0.1) is 5.92 Å². The first-order valence-corrected chi connectivity index (χ1v) is 11.7. The number of rotatable bonds is 8. The molecule has 3 rings (SSSR count). The monoisotopic (exact) mass is 429 g/mol. The molecule has 0 radical (unpaired) electrons. The summed E-state index contributed by atoms with van der Waals surface area (Å²) in [7, 11) is -3.78. The van der Waals surface area contributed by atoms with Gasteiger partial charge in [-0.1, -0.05) is 62.1 Å². The molecule has 0 atom stereocenters. The minimum absolute atomic E-state index is 0.0151. The third kappa shape index (κ3) is 6.40. The van der Waals surface area contributed by atoms with Crippen molar-refractivity contribution in [1.82, 2.24) is 15.6 Å². The highest BCUT2D eigenvalue weighted by Gasteiger charge is 2.18. The van der Waals surface area contributed by atoms with E-state index in [9.17, 15) is 18.0 Å². The van der Waals surface area contributed by atoms with Crippen molar-refractivity contribution in [3.63, 3.8) is 0 Å². The Morgan fingerprint density at radius 2 is 1.67 bits per heavy atom. The predicted molar refractivity (Wildman–Crippen MR) is 114 cm³/mol. The molecule has 0 spiro atoms. The average molecular weight is 430 g/mol. The Morgan fingerprint density at radius 1 is 0.933 bits per heavy atom. The molecule has 7 nitrogen and oxygen atoms in total. The van der Waals surface area contributed by atoms with Crippen LogP contribution >= 0.6 is 0 Å². The Morgan fingerprint density at radius 3 is 2.40 bits per heavy atom. The van der Waals surface area contributed by atoms with Crippen molar-refractivity contribution < 1.29 is 18.0 Å². The number of hydrogen-bond acceptors (Lipinski definition) is 4. The highest BCUT2D eigenvalue weighted by molar-refractivity contribution is 7.89. The van der Waals surface area contributed by atoms with Gasteiger partial charge in [-0.25, -0.2) is 13.1 Å². The van der Waals surface area contributed by atoms with Crippen LogP contribution < -0.4 is 15.6 Å². The zero-order valence-electron chi connectivity index (χ0n) is 16.8. The smallest absolute Gasteiger partial charge is 0.269 e. The maximum Gasteiger partial charge on any atom is 0.269 e. The Bertz CT molecular complexity index is 971. The van der Waals surface area contributed by atoms with Crippen LogP contribution in [0.2, 0.25) is 0 Å². The van der Waals surface area contributed by atoms with E-state index in [1.165, 1.54) is 49.9 Å². The zero-order chi connectivity index (χ0) is 21.4. The summed E-state index contributed by atoms with van der Waals surface area (Å²) in [4.78, 5) is 24.3. The van der Waals surface area contributed by atoms with E-state index in [0.717, 1.165) is 12.0 Å². The summed E-state index contributed by atoms with van der Waals surface area (Å²) in [6.45, 7) is 0.149. The summed E-state index contributed by atoms with van der Waals surface area (Å²) in [6.07, 6.45) is 5.97. The van der Waals surface area contributed by atoms with Gasteiger partial charge in [-0.15, -0.1) is 0 Å². The largest absolute Gasteiger partial charge is 0.273 e. The van der Waals surface area contributed by atoms with Gasteiger partial charge in [-0.2, -0.15) is 0 Å². The van der Waals surface area contributed by atoms with Gasteiger partial charge in [-0.3, -0.25) is 20.4 Å². The lowest BCUT2D eigenvalue weighted by atomic mass is 10.0. The third-order valence-electron chi connectivity index (χ3n) is 5.29. The maximum atomic E-state index is 12.5. The Balaban J connectivity index is 1.53. The number of hydrazine groups is 1. The number of carbonyl (C=O) groups excluding carboxylic acids is 2. The van der Waals surface area contributed by atoms with Crippen LogP contribution in [0.15, 0.2) is 59.5 Å². The van der Waals surface area contributed by atoms with E-state index in [-0.39, 0.29) is 22.9 Å². The molecule has 30 heavy (non-hydrogen) atoms. The molecule has 1 saturated carbocycles. The number of hydrogen-bond donors (Lipinski definition) is 3. The van der Waals surface area contributed by atoms with E-state index in [2.05, 4.69) is 15.6 Å². The molecule has 0 saturated heterocycles. The molecule has 3 N–H and O–H groups in total. The van der Waals surface area contributed by atoms with Crippen LogP contribution in [0.4, 0.5) is 0 Å². The molecule has 0 aromatic heterocycles. The van der Waals surface area contributed by atoms with Gasteiger partial charge in [0.1, 0.15) is 0 Å². The third-order valence-corrected chi connectivity index (χ3v) is 6.68. The Kier molecular flexibility index (Phi) is 7.59. The number of benzene rings is 2. The van der Waals surface area contributed by atoms with Gasteiger partial charge in [0.15, 0.2) is 0 Å². The topological polar surface area (TPSA) is 104 Å². The Hall–Kier alpha value is -2.71. The van der Waals surface area contributed by atoms with Crippen molar-refractivity contribution in [2.24, 2.45) is 5.92 Å². The standard InChI is InChI=1S/C22H27N3O4S/c26-21(14-13-17-7-4-5-8-17)24-25-22(27)19-11-6-12-20(15-19)30(28,29)23-16-18-9-2-1-3-10-18/h1-3,6,9-12,15,17,23H,4-5,7-8,13-14,16H2,(H,24,26)(H,25,27). The molecule has 0 unspecified atom stereocenters. The van der Waals surface area contributed by atoms with Crippen LogP contribution in [0.25, 0.3) is 0 Å². The number of amides is 2. The van der Waals surface area contributed by atoms with Gasteiger partial charge in [-0.05, 0) is 36.1 Å². The Labute approximate surface area is 177 Å². The van der Waals surface area contributed by atoms with Gasteiger partial charge in [0.2, 0.25) is 15.9 Å². The first kappa shape index (κ1) is 22.0. The van der Waals surface area contributed by atoms with Crippen LogP contribution in [-0.4, -0.2) is 20.2 Å². The normalized spacial score (nSPS) is 14.4. The fourth-order valence-electron chi connectivity index (χ4n) is 3.56. The lowest BCUT2D eigenvalue weighted by Gasteiger charge is -2.11. The van der Waals surface area contributed by atoms with Crippen LogP contribution in [0.3, 0.4) is 0 Å². The van der Waals surface area contributed by atoms with E-state index in [1.807, 2.05) is 30.3 Å².